The van der Waals surface area contributed by atoms with Crippen molar-refractivity contribution in [2.45, 2.75) is 57.9 Å². The molecule has 1 fully saturated rings. The zero-order valence-electron chi connectivity index (χ0n) is 12.6. The highest BCUT2D eigenvalue weighted by atomic mass is 16.5. The molecule has 0 aromatic heterocycles. The SMILES string of the molecule is Cc1cccc(OCCC(NN)C2CCCCCC2)c1. The number of benzene rings is 1. The summed E-state index contributed by atoms with van der Waals surface area (Å²) in [5.74, 6) is 7.42. The third-order valence-corrected chi connectivity index (χ3v) is 4.37. The van der Waals surface area contributed by atoms with Crippen molar-refractivity contribution in [2.24, 2.45) is 11.8 Å². The van der Waals surface area contributed by atoms with Gasteiger partial charge >= 0.3 is 0 Å². The lowest BCUT2D eigenvalue weighted by atomic mass is 9.90. The second kappa shape index (κ2) is 8.28. The molecule has 20 heavy (non-hydrogen) atoms. The molecule has 3 N–H and O–H groups in total. The van der Waals surface area contributed by atoms with Crippen molar-refractivity contribution in [1.82, 2.24) is 5.43 Å². The Morgan fingerprint density at radius 3 is 2.65 bits per heavy atom. The number of nitrogens with one attached hydrogen (secondary N) is 1. The number of rotatable bonds is 6. The van der Waals surface area contributed by atoms with Gasteiger partial charge in [0.2, 0.25) is 0 Å². The Balaban J connectivity index is 1.78. The lowest BCUT2D eigenvalue weighted by Gasteiger charge is -2.25. The van der Waals surface area contributed by atoms with Crippen LogP contribution in [0.25, 0.3) is 0 Å². The number of ether oxygens (including phenoxy) is 1. The van der Waals surface area contributed by atoms with Crippen molar-refractivity contribution in [3.8, 4) is 5.75 Å². The van der Waals surface area contributed by atoms with E-state index >= 15 is 0 Å². The van der Waals surface area contributed by atoms with E-state index in [0.717, 1.165) is 18.8 Å². The molecular formula is C17H28N2O. The van der Waals surface area contributed by atoms with E-state index in [-0.39, 0.29) is 0 Å². The Labute approximate surface area is 122 Å². The maximum atomic E-state index is 5.85. The van der Waals surface area contributed by atoms with Gasteiger partial charge in [0.25, 0.3) is 0 Å². The third kappa shape index (κ3) is 4.80. The van der Waals surface area contributed by atoms with Gasteiger partial charge < -0.3 is 4.74 Å². The largest absolute Gasteiger partial charge is 0.494 e. The summed E-state index contributed by atoms with van der Waals surface area (Å²) in [6, 6.07) is 8.61. The summed E-state index contributed by atoms with van der Waals surface area (Å²) in [5, 5.41) is 0. The van der Waals surface area contributed by atoms with E-state index in [0.29, 0.717) is 12.0 Å². The van der Waals surface area contributed by atoms with Crippen LogP contribution in [0.3, 0.4) is 0 Å². The van der Waals surface area contributed by atoms with Crippen LogP contribution in [0.1, 0.15) is 50.5 Å². The van der Waals surface area contributed by atoms with Crippen molar-refractivity contribution in [2.75, 3.05) is 6.61 Å². The van der Waals surface area contributed by atoms with Gasteiger partial charge in [-0.1, -0.05) is 37.8 Å². The van der Waals surface area contributed by atoms with Gasteiger partial charge in [-0.25, -0.2) is 0 Å². The third-order valence-electron chi connectivity index (χ3n) is 4.37. The molecule has 2 rings (SSSR count). The highest BCUT2D eigenvalue weighted by molar-refractivity contribution is 5.27. The number of aryl methyl sites for hydroxylation is 1. The van der Waals surface area contributed by atoms with Crippen LogP contribution in [0, 0.1) is 12.8 Å². The van der Waals surface area contributed by atoms with Crippen LogP contribution in [0.4, 0.5) is 0 Å². The lowest BCUT2D eigenvalue weighted by molar-refractivity contribution is 0.239. The van der Waals surface area contributed by atoms with Crippen molar-refractivity contribution >= 4 is 0 Å². The van der Waals surface area contributed by atoms with E-state index < -0.39 is 0 Å². The molecule has 1 unspecified atom stereocenters. The fourth-order valence-electron chi connectivity index (χ4n) is 3.18. The first-order chi connectivity index (χ1) is 9.79. The zero-order chi connectivity index (χ0) is 14.2. The summed E-state index contributed by atoms with van der Waals surface area (Å²) in [7, 11) is 0. The van der Waals surface area contributed by atoms with Crippen LogP contribution in [-0.2, 0) is 0 Å². The van der Waals surface area contributed by atoms with E-state index in [9.17, 15) is 0 Å². The summed E-state index contributed by atoms with van der Waals surface area (Å²) >= 11 is 0. The minimum atomic E-state index is 0.387. The Bertz CT molecular complexity index is 386. The molecule has 0 radical (unpaired) electrons. The summed E-state index contributed by atoms with van der Waals surface area (Å²) in [6.07, 6.45) is 9.05. The molecule has 0 heterocycles. The fourth-order valence-corrected chi connectivity index (χ4v) is 3.18. The van der Waals surface area contributed by atoms with Crippen molar-refractivity contribution in [3.05, 3.63) is 29.8 Å². The first kappa shape index (κ1) is 15.3. The van der Waals surface area contributed by atoms with Gasteiger partial charge in [-0.05, 0) is 49.8 Å². The van der Waals surface area contributed by atoms with Crippen LogP contribution in [0.5, 0.6) is 5.75 Å². The second-order valence-electron chi connectivity index (χ2n) is 5.98. The molecular weight excluding hydrogens is 248 g/mol. The van der Waals surface area contributed by atoms with Crippen molar-refractivity contribution in [1.29, 1.82) is 0 Å². The number of hydrogen-bond acceptors (Lipinski definition) is 3. The quantitative estimate of drug-likeness (QED) is 0.474. The number of hydrazine groups is 1. The Morgan fingerprint density at radius 2 is 2.00 bits per heavy atom. The summed E-state index contributed by atoms with van der Waals surface area (Å²) in [5.41, 5.74) is 4.25. The standard InChI is InChI=1S/C17H28N2O/c1-14-7-6-10-16(13-14)20-12-11-17(19-18)15-8-4-2-3-5-9-15/h6-7,10,13,15,17,19H,2-5,8-9,11-12,18H2,1H3. The average Bonchev–Trinajstić information content (AvgIpc) is 2.73. The van der Waals surface area contributed by atoms with Gasteiger partial charge in [0, 0.05) is 6.04 Å². The molecule has 0 spiro atoms. The Hall–Kier alpha value is -1.06. The zero-order valence-corrected chi connectivity index (χ0v) is 12.6. The molecule has 1 aromatic rings. The monoisotopic (exact) mass is 276 g/mol. The molecule has 1 atom stereocenters. The van der Waals surface area contributed by atoms with Gasteiger partial charge in [-0.15, -0.1) is 0 Å². The average molecular weight is 276 g/mol. The molecule has 0 aliphatic heterocycles. The molecule has 0 saturated heterocycles. The van der Waals surface area contributed by atoms with E-state index in [1.807, 2.05) is 12.1 Å². The summed E-state index contributed by atoms with van der Waals surface area (Å²) < 4.78 is 5.85. The van der Waals surface area contributed by atoms with E-state index in [2.05, 4.69) is 24.5 Å². The van der Waals surface area contributed by atoms with Crippen molar-refractivity contribution < 1.29 is 4.74 Å². The fraction of sp³-hybridized carbons (Fsp3) is 0.647. The highest BCUT2D eigenvalue weighted by Gasteiger charge is 2.21. The smallest absolute Gasteiger partial charge is 0.119 e. The number of nitrogens with two attached hydrogens (primary N) is 1. The van der Waals surface area contributed by atoms with E-state index in [1.54, 1.807) is 0 Å². The van der Waals surface area contributed by atoms with Gasteiger partial charge in [-0.2, -0.15) is 0 Å². The van der Waals surface area contributed by atoms with Crippen LogP contribution in [-0.4, -0.2) is 12.6 Å². The van der Waals surface area contributed by atoms with Crippen LogP contribution < -0.4 is 16.0 Å². The molecule has 3 nitrogen and oxygen atoms in total. The minimum Gasteiger partial charge on any atom is -0.494 e. The van der Waals surface area contributed by atoms with E-state index in [4.69, 9.17) is 10.6 Å². The first-order valence-corrected chi connectivity index (χ1v) is 7.95. The van der Waals surface area contributed by atoms with Crippen LogP contribution >= 0.6 is 0 Å². The van der Waals surface area contributed by atoms with Crippen molar-refractivity contribution in [3.63, 3.8) is 0 Å². The van der Waals surface area contributed by atoms with E-state index in [1.165, 1.54) is 44.1 Å². The summed E-state index contributed by atoms with van der Waals surface area (Å²) in [6.45, 7) is 2.82. The maximum Gasteiger partial charge on any atom is 0.119 e. The molecule has 0 bridgehead atoms. The Morgan fingerprint density at radius 1 is 1.25 bits per heavy atom. The molecule has 1 aromatic carbocycles. The number of hydrogen-bond donors (Lipinski definition) is 2. The molecule has 1 aliphatic carbocycles. The van der Waals surface area contributed by atoms with Crippen LogP contribution in [0.2, 0.25) is 0 Å². The lowest BCUT2D eigenvalue weighted by Crippen LogP contribution is -2.41. The molecule has 1 aliphatic rings. The van der Waals surface area contributed by atoms with Gasteiger partial charge in [0.15, 0.2) is 0 Å². The molecule has 0 amide bonds. The normalized spacial score (nSPS) is 18.5. The van der Waals surface area contributed by atoms with Gasteiger partial charge in [0.1, 0.15) is 5.75 Å². The summed E-state index contributed by atoms with van der Waals surface area (Å²) in [4.78, 5) is 0. The maximum absolute atomic E-state index is 5.85. The Kier molecular flexibility index (Phi) is 6.34. The highest BCUT2D eigenvalue weighted by Crippen LogP contribution is 2.26. The minimum absolute atomic E-state index is 0.387. The molecule has 112 valence electrons. The first-order valence-electron chi connectivity index (χ1n) is 7.95. The van der Waals surface area contributed by atoms with Crippen LogP contribution in [0.15, 0.2) is 24.3 Å². The predicted molar refractivity (Wildman–Crippen MR) is 83.6 cm³/mol. The molecule has 1 saturated carbocycles. The molecule has 3 heteroatoms. The second-order valence-corrected chi connectivity index (χ2v) is 5.98. The predicted octanol–water partition coefficient (Wildman–Crippen LogP) is 3.57. The van der Waals surface area contributed by atoms with Gasteiger partial charge in [-0.3, -0.25) is 11.3 Å². The topological polar surface area (TPSA) is 47.3 Å². The van der Waals surface area contributed by atoms with Gasteiger partial charge in [0.05, 0.1) is 6.61 Å².